The van der Waals surface area contributed by atoms with Gasteiger partial charge in [0.25, 0.3) is 5.69 Å². The molecule has 0 fully saturated rings. The van der Waals surface area contributed by atoms with Crippen LogP contribution in [0.1, 0.15) is 33.5 Å². The van der Waals surface area contributed by atoms with Crippen molar-refractivity contribution in [1.82, 2.24) is 5.32 Å². The van der Waals surface area contributed by atoms with Crippen LogP contribution in [0.2, 0.25) is 0 Å². The lowest BCUT2D eigenvalue weighted by Crippen LogP contribution is -2.24. The number of nitrogens with zero attached hydrogens (tertiary/aromatic N) is 1. The van der Waals surface area contributed by atoms with E-state index >= 15 is 0 Å². The number of ether oxygens (including phenoxy) is 1. The summed E-state index contributed by atoms with van der Waals surface area (Å²) in [6.45, 7) is 1.89. The Morgan fingerprint density at radius 3 is 2.61 bits per heavy atom. The summed E-state index contributed by atoms with van der Waals surface area (Å²) in [6.07, 6.45) is 3.18. The highest BCUT2D eigenvalue weighted by Gasteiger charge is 2.19. The predicted octanol–water partition coefficient (Wildman–Crippen LogP) is 3.93. The van der Waals surface area contributed by atoms with Crippen LogP contribution < -0.4 is 5.32 Å². The third-order valence-corrected chi connectivity index (χ3v) is 3.93. The number of nitro groups is 1. The molecule has 0 saturated carbocycles. The van der Waals surface area contributed by atoms with Crippen LogP contribution in [-0.2, 0) is 11.3 Å². The Morgan fingerprint density at radius 2 is 1.96 bits per heavy atom. The molecule has 0 radical (unpaired) electrons. The molecule has 0 aliphatic heterocycles. The zero-order valence-corrected chi connectivity index (χ0v) is 15.3. The van der Waals surface area contributed by atoms with Crippen molar-refractivity contribution in [3.05, 3.63) is 80.9 Å². The molecule has 0 heterocycles. The van der Waals surface area contributed by atoms with Gasteiger partial charge in [-0.2, -0.15) is 0 Å². The van der Waals surface area contributed by atoms with Crippen LogP contribution in [0.5, 0.6) is 0 Å². The van der Waals surface area contributed by atoms with Gasteiger partial charge in [-0.05, 0) is 30.5 Å². The Balaban J connectivity index is 1.86. The van der Waals surface area contributed by atoms with E-state index in [1.165, 1.54) is 19.1 Å². The lowest BCUT2D eigenvalue weighted by molar-refractivity contribution is -0.385. The number of hydrogen-bond acceptors (Lipinski definition) is 5. The second-order valence-corrected chi connectivity index (χ2v) is 5.95. The van der Waals surface area contributed by atoms with E-state index in [4.69, 9.17) is 4.74 Å². The molecule has 8 heteroatoms. The number of carbonyl (C=O) groups is 2. The van der Waals surface area contributed by atoms with Crippen molar-refractivity contribution >= 4 is 23.8 Å². The second kappa shape index (κ2) is 9.86. The maximum Gasteiger partial charge on any atom is 0.407 e. The van der Waals surface area contributed by atoms with Crippen LogP contribution in [0, 0.1) is 17.0 Å². The number of carbonyl (C=O) groups excluding carboxylic acids is 1. The van der Waals surface area contributed by atoms with Crippen molar-refractivity contribution in [2.45, 2.75) is 20.0 Å². The zero-order valence-electron chi connectivity index (χ0n) is 15.3. The molecule has 0 aliphatic rings. The molecule has 2 rings (SSSR count). The van der Waals surface area contributed by atoms with Crippen molar-refractivity contribution < 1.29 is 24.4 Å². The molecule has 2 N–H and O–H groups in total. The molecule has 0 atom stereocenters. The van der Waals surface area contributed by atoms with Crippen molar-refractivity contribution in [1.29, 1.82) is 0 Å². The molecule has 146 valence electrons. The molecule has 0 saturated heterocycles. The number of aromatic carboxylic acids is 1. The normalized spacial score (nSPS) is 10.6. The number of alkyl carbamates (subject to hydrolysis) is 1. The van der Waals surface area contributed by atoms with E-state index in [2.05, 4.69) is 5.32 Å². The summed E-state index contributed by atoms with van der Waals surface area (Å²) in [5.74, 6) is -1.22. The number of hydrogen-bond donors (Lipinski definition) is 2. The molecule has 0 bridgehead atoms. The van der Waals surface area contributed by atoms with Crippen molar-refractivity contribution in [3.63, 3.8) is 0 Å². The average molecular weight is 384 g/mol. The number of nitrogens with one attached hydrogen (secondary N) is 1. The third-order valence-electron chi connectivity index (χ3n) is 3.93. The maximum absolute atomic E-state index is 11.6. The largest absolute Gasteiger partial charge is 0.478 e. The Labute approximate surface area is 161 Å². The summed E-state index contributed by atoms with van der Waals surface area (Å²) in [5.41, 5.74) is 1.03. The van der Waals surface area contributed by atoms with Crippen LogP contribution in [0.15, 0.2) is 48.5 Å². The van der Waals surface area contributed by atoms with Crippen molar-refractivity contribution in [2.75, 3.05) is 6.54 Å². The first-order valence-electron chi connectivity index (χ1n) is 8.52. The van der Waals surface area contributed by atoms with Gasteiger partial charge in [0.05, 0.1) is 10.5 Å². The molecule has 0 aromatic heterocycles. The van der Waals surface area contributed by atoms with Gasteiger partial charge in [-0.3, -0.25) is 10.1 Å². The van der Waals surface area contributed by atoms with Gasteiger partial charge >= 0.3 is 12.1 Å². The van der Waals surface area contributed by atoms with Gasteiger partial charge in [-0.25, -0.2) is 9.59 Å². The highest BCUT2D eigenvalue weighted by atomic mass is 16.6. The van der Waals surface area contributed by atoms with E-state index in [1.807, 2.05) is 30.3 Å². The quantitative estimate of drug-likeness (QED) is 0.404. The first-order valence-corrected chi connectivity index (χ1v) is 8.52. The van der Waals surface area contributed by atoms with Crippen molar-refractivity contribution in [3.8, 4) is 0 Å². The fourth-order valence-electron chi connectivity index (χ4n) is 2.48. The molecular formula is C20H20N2O6. The van der Waals surface area contributed by atoms with Crippen LogP contribution in [0.25, 0.3) is 6.08 Å². The van der Waals surface area contributed by atoms with Gasteiger partial charge < -0.3 is 15.2 Å². The average Bonchev–Trinajstić information content (AvgIpc) is 2.67. The van der Waals surface area contributed by atoms with Crippen molar-refractivity contribution in [2.24, 2.45) is 0 Å². The molecular weight excluding hydrogens is 364 g/mol. The van der Waals surface area contributed by atoms with Gasteiger partial charge in [0, 0.05) is 18.2 Å². The van der Waals surface area contributed by atoms with Crippen LogP contribution in [0.4, 0.5) is 10.5 Å². The van der Waals surface area contributed by atoms with Gasteiger partial charge in [-0.1, -0.05) is 42.5 Å². The molecule has 2 aromatic rings. The maximum atomic E-state index is 11.6. The third kappa shape index (κ3) is 5.94. The van der Waals surface area contributed by atoms with E-state index in [1.54, 1.807) is 12.2 Å². The highest BCUT2D eigenvalue weighted by molar-refractivity contribution is 5.91. The number of amides is 1. The minimum absolute atomic E-state index is 0.109. The molecule has 28 heavy (non-hydrogen) atoms. The fourth-order valence-corrected chi connectivity index (χ4v) is 2.48. The molecule has 0 aliphatic carbocycles. The predicted molar refractivity (Wildman–Crippen MR) is 103 cm³/mol. The summed E-state index contributed by atoms with van der Waals surface area (Å²) in [4.78, 5) is 33.4. The number of nitro benzene ring substituents is 1. The van der Waals surface area contributed by atoms with E-state index in [9.17, 15) is 24.8 Å². The lowest BCUT2D eigenvalue weighted by atomic mass is 10.0. The summed E-state index contributed by atoms with van der Waals surface area (Å²) in [7, 11) is 0. The summed E-state index contributed by atoms with van der Waals surface area (Å²) < 4.78 is 5.08. The van der Waals surface area contributed by atoms with E-state index < -0.39 is 17.0 Å². The highest BCUT2D eigenvalue weighted by Crippen LogP contribution is 2.24. The molecule has 0 spiro atoms. The Kier molecular flexibility index (Phi) is 7.27. The van der Waals surface area contributed by atoms with Gasteiger partial charge in [0.15, 0.2) is 0 Å². The standard InChI is InChI=1S/C20H20N2O6/c1-14-17(19(23)24)11-16(12-18(14)22(26)27)9-5-6-10-21-20(25)28-13-15-7-3-2-4-8-15/h2-5,7-9,11-12H,6,10,13H2,1H3,(H,21,25)(H,23,24). The Morgan fingerprint density at radius 1 is 1.25 bits per heavy atom. The number of carboxylic acids is 1. The monoisotopic (exact) mass is 384 g/mol. The fraction of sp³-hybridized carbons (Fsp3) is 0.200. The topological polar surface area (TPSA) is 119 Å². The summed E-state index contributed by atoms with van der Waals surface area (Å²) in [5, 5.41) is 22.9. The molecule has 2 aromatic carbocycles. The number of carboxylic acid groups (broad SMARTS) is 1. The van der Waals surface area contributed by atoms with Crippen LogP contribution in [-0.4, -0.2) is 28.6 Å². The van der Waals surface area contributed by atoms with Crippen LogP contribution in [0.3, 0.4) is 0 Å². The zero-order chi connectivity index (χ0) is 20.5. The second-order valence-electron chi connectivity index (χ2n) is 5.95. The van der Waals surface area contributed by atoms with Gasteiger partial charge in [0.1, 0.15) is 6.61 Å². The summed E-state index contributed by atoms with van der Waals surface area (Å²) in [6, 6.07) is 12.0. The van der Waals surface area contributed by atoms with Gasteiger partial charge in [0.2, 0.25) is 0 Å². The first-order chi connectivity index (χ1) is 13.4. The smallest absolute Gasteiger partial charge is 0.407 e. The van der Waals surface area contributed by atoms with E-state index in [-0.39, 0.29) is 23.4 Å². The van der Waals surface area contributed by atoms with Crippen LogP contribution >= 0.6 is 0 Å². The molecule has 8 nitrogen and oxygen atoms in total. The van der Waals surface area contributed by atoms with E-state index in [0.717, 1.165) is 5.56 Å². The number of rotatable bonds is 8. The van der Waals surface area contributed by atoms with E-state index in [0.29, 0.717) is 18.5 Å². The molecule has 1 amide bonds. The first kappa shape index (κ1) is 20.6. The minimum atomic E-state index is -1.22. The van der Waals surface area contributed by atoms with Gasteiger partial charge in [-0.15, -0.1) is 0 Å². The molecule has 0 unspecified atom stereocenters. The lowest BCUT2D eigenvalue weighted by Gasteiger charge is -2.06. The Hall–Kier alpha value is -3.68. The number of benzene rings is 2. The Bertz CT molecular complexity index is 858. The SMILES string of the molecule is Cc1c(C(=O)O)cc(C=CCCNC(=O)OCc2ccccc2)cc1[N+](=O)[O-]. The summed E-state index contributed by atoms with van der Waals surface area (Å²) >= 11 is 0. The minimum Gasteiger partial charge on any atom is -0.478 e.